The first kappa shape index (κ1) is 13.8. The number of aryl methyl sites for hydroxylation is 2. The summed E-state index contributed by atoms with van der Waals surface area (Å²) < 4.78 is 7.78. The lowest BCUT2D eigenvalue weighted by Crippen LogP contribution is -2.12. The third-order valence-corrected chi connectivity index (χ3v) is 4.30. The summed E-state index contributed by atoms with van der Waals surface area (Å²) in [7, 11) is 1.79. The molecule has 2 aromatic rings. The minimum Gasteiger partial charge on any atom is -0.381 e. The molecule has 1 fully saturated rings. The Morgan fingerprint density at radius 2 is 2.30 bits per heavy atom. The molecule has 0 amide bonds. The van der Waals surface area contributed by atoms with Crippen LogP contribution < -0.4 is 0 Å². The quantitative estimate of drug-likeness (QED) is 0.812. The van der Waals surface area contributed by atoms with Gasteiger partial charge >= 0.3 is 0 Å². The van der Waals surface area contributed by atoms with E-state index in [1.807, 2.05) is 13.1 Å². The Morgan fingerprint density at radius 3 is 3.00 bits per heavy atom. The van der Waals surface area contributed by atoms with Gasteiger partial charge in [-0.25, -0.2) is 9.97 Å². The summed E-state index contributed by atoms with van der Waals surface area (Å²) >= 11 is 5.93. The van der Waals surface area contributed by atoms with Gasteiger partial charge in [0, 0.05) is 31.6 Å². The highest BCUT2D eigenvalue weighted by molar-refractivity contribution is 6.17. The average Bonchev–Trinajstić information content (AvgIpc) is 3.02. The van der Waals surface area contributed by atoms with Crippen LogP contribution in [-0.4, -0.2) is 33.6 Å². The van der Waals surface area contributed by atoms with Crippen molar-refractivity contribution in [3.63, 3.8) is 0 Å². The Labute approximate surface area is 124 Å². The minimum atomic E-state index is 0.353. The van der Waals surface area contributed by atoms with Crippen LogP contribution in [0.3, 0.4) is 0 Å². The molecule has 108 valence electrons. The molecule has 4 nitrogen and oxygen atoms in total. The van der Waals surface area contributed by atoms with Crippen LogP contribution in [0.25, 0.3) is 11.2 Å². The maximum atomic E-state index is 5.93. The van der Waals surface area contributed by atoms with E-state index in [4.69, 9.17) is 21.3 Å². The van der Waals surface area contributed by atoms with Crippen molar-refractivity contribution in [1.29, 1.82) is 0 Å². The molecule has 0 radical (unpaired) electrons. The maximum Gasteiger partial charge on any atom is 0.160 e. The van der Waals surface area contributed by atoms with Crippen molar-refractivity contribution in [1.82, 2.24) is 14.5 Å². The molecule has 1 aliphatic carbocycles. The molecule has 1 aliphatic rings. The summed E-state index contributed by atoms with van der Waals surface area (Å²) in [5.41, 5.74) is 3.10. The van der Waals surface area contributed by atoms with Crippen LogP contribution in [0.1, 0.15) is 36.7 Å². The van der Waals surface area contributed by atoms with Crippen LogP contribution in [0.2, 0.25) is 0 Å². The number of methoxy groups -OCH3 is 1. The van der Waals surface area contributed by atoms with E-state index in [0.29, 0.717) is 18.0 Å². The number of pyridine rings is 1. The van der Waals surface area contributed by atoms with Crippen molar-refractivity contribution in [2.24, 2.45) is 0 Å². The van der Waals surface area contributed by atoms with E-state index in [0.717, 1.165) is 48.2 Å². The SMILES string of the molecule is COC1CCC(n2c(CCCl)nc3cc(C)cnc32)C1. The summed E-state index contributed by atoms with van der Waals surface area (Å²) in [6.07, 6.45) is 6.31. The van der Waals surface area contributed by atoms with E-state index in [1.165, 1.54) is 0 Å². The highest BCUT2D eigenvalue weighted by Gasteiger charge is 2.29. The third kappa shape index (κ3) is 2.42. The number of rotatable bonds is 4. The fourth-order valence-corrected chi connectivity index (χ4v) is 3.31. The predicted octanol–water partition coefficient (Wildman–Crippen LogP) is 3.26. The normalized spacial score (nSPS) is 22.8. The molecule has 0 saturated heterocycles. The number of ether oxygens (including phenoxy) is 1. The van der Waals surface area contributed by atoms with Gasteiger partial charge in [0.25, 0.3) is 0 Å². The zero-order chi connectivity index (χ0) is 14.1. The van der Waals surface area contributed by atoms with Gasteiger partial charge in [0.2, 0.25) is 0 Å². The highest BCUT2D eigenvalue weighted by atomic mass is 35.5. The Kier molecular flexibility index (Phi) is 3.94. The smallest absolute Gasteiger partial charge is 0.160 e. The van der Waals surface area contributed by atoms with Crippen molar-refractivity contribution in [3.05, 3.63) is 23.7 Å². The Bertz CT molecular complexity index is 610. The molecule has 3 rings (SSSR count). The van der Waals surface area contributed by atoms with Crippen LogP contribution in [0.4, 0.5) is 0 Å². The molecular weight excluding hydrogens is 274 g/mol. The Balaban J connectivity index is 2.05. The first-order valence-corrected chi connectivity index (χ1v) is 7.68. The lowest BCUT2D eigenvalue weighted by atomic mass is 10.2. The number of imidazole rings is 1. The van der Waals surface area contributed by atoms with Gasteiger partial charge in [-0.1, -0.05) is 0 Å². The van der Waals surface area contributed by atoms with Gasteiger partial charge < -0.3 is 9.30 Å². The van der Waals surface area contributed by atoms with Crippen molar-refractivity contribution in [2.75, 3.05) is 13.0 Å². The monoisotopic (exact) mass is 293 g/mol. The standard InChI is InChI=1S/C15H20ClN3O/c1-10-7-13-15(17-9-10)19(14(18-13)5-6-16)11-3-4-12(8-11)20-2/h7,9,11-12H,3-6,8H2,1-2H3. The largest absolute Gasteiger partial charge is 0.381 e. The van der Waals surface area contributed by atoms with Gasteiger partial charge in [-0.2, -0.15) is 0 Å². The second-order valence-electron chi connectivity index (χ2n) is 5.52. The van der Waals surface area contributed by atoms with Crippen molar-refractivity contribution >= 4 is 22.8 Å². The molecule has 2 atom stereocenters. The zero-order valence-corrected chi connectivity index (χ0v) is 12.7. The summed E-state index contributed by atoms with van der Waals surface area (Å²) in [5, 5.41) is 0. The van der Waals surface area contributed by atoms with Crippen LogP contribution in [-0.2, 0) is 11.2 Å². The van der Waals surface area contributed by atoms with Gasteiger partial charge in [0.15, 0.2) is 5.65 Å². The third-order valence-electron chi connectivity index (χ3n) is 4.11. The topological polar surface area (TPSA) is 39.9 Å². The van der Waals surface area contributed by atoms with E-state index in [-0.39, 0.29) is 0 Å². The summed E-state index contributed by atoms with van der Waals surface area (Å²) in [6, 6.07) is 2.53. The van der Waals surface area contributed by atoms with E-state index in [2.05, 4.69) is 15.6 Å². The van der Waals surface area contributed by atoms with Crippen molar-refractivity contribution in [3.8, 4) is 0 Å². The molecule has 1 saturated carbocycles. The van der Waals surface area contributed by atoms with Crippen molar-refractivity contribution < 1.29 is 4.74 Å². The molecule has 5 heteroatoms. The molecule has 2 unspecified atom stereocenters. The lowest BCUT2D eigenvalue weighted by Gasteiger charge is -2.16. The average molecular weight is 294 g/mol. The molecule has 2 heterocycles. The zero-order valence-electron chi connectivity index (χ0n) is 12.0. The van der Waals surface area contributed by atoms with Gasteiger partial charge in [0.05, 0.1) is 6.10 Å². The molecule has 0 bridgehead atoms. The number of hydrogen-bond donors (Lipinski definition) is 0. The van der Waals surface area contributed by atoms with Gasteiger partial charge in [-0.15, -0.1) is 11.6 Å². The molecule has 20 heavy (non-hydrogen) atoms. The van der Waals surface area contributed by atoms with E-state index in [9.17, 15) is 0 Å². The van der Waals surface area contributed by atoms with Crippen LogP contribution in [0, 0.1) is 6.92 Å². The second-order valence-corrected chi connectivity index (χ2v) is 5.89. The van der Waals surface area contributed by atoms with Crippen molar-refractivity contribution in [2.45, 2.75) is 44.8 Å². The first-order chi connectivity index (χ1) is 9.72. The summed E-state index contributed by atoms with van der Waals surface area (Å²) in [4.78, 5) is 9.33. The van der Waals surface area contributed by atoms with Gasteiger partial charge in [-0.05, 0) is 37.8 Å². The maximum absolute atomic E-state index is 5.93. The molecule has 0 aromatic carbocycles. The fraction of sp³-hybridized carbons (Fsp3) is 0.600. The predicted molar refractivity (Wildman–Crippen MR) is 80.4 cm³/mol. The summed E-state index contributed by atoms with van der Waals surface area (Å²) in [5.74, 6) is 1.64. The number of nitrogens with zero attached hydrogens (tertiary/aromatic N) is 3. The fourth-order valence-electron chi connectivity index (χ4n) is 3.14. The van der Waals surface area contributed by atoms with Crippen LogP contribution in [0.5, 0.6) is 0 Å². The van der Waals surface area contributed by atoms with Gasteiger partial charge in [-0.3, -0.25) is 0 Å². The number of hydrogen-bond acceptors (Lipinski definition) is 3. The molecule has 2 aromatic heterocycles. The minimum absolute atomic E-state index is 0.353. The van der Waals surface area contributed by atoms with E-state index in [1.54, 1.807) is 7.11 Å². The van der Waals surface area contributed by atoms with Crippen LogP contribution >= 0.6 is 11.6 Å². The van der Waals surface area contributed by atoms with E-state index < -0.39 is 0 Å². The Morgan fingerprint density at radius 1 is 1.45 bits per heavy atom. The molecular formula is C15H20ClN3O. The number of aromatic nitrogens is 3. The van der Waals surface area contributed by atoms with E-state index >= 15 is 0 Å². The lowest BCUT2D eigenvalue weighted by molar-refractivity contribution is 0.106. The highest BCUT2D eigenvalue weighted by Crippen LogP contribution is 2.34. The summed E-state index contributed by atoms with van der Waals surface area (Å²) in [6.45, 7) is 2.04. The number of halogens is 1. The number of alkyl halides is 1. The second kappa shape index (κ2) is 5.70. The molecule has 0 spiro atoms. The molecule has 0 aliphatic heterocycles. The Hall–Kier alpha value is -1.13. The van der Waals surface area contributed by atoms with Crippen LogP contribution in [0.15, 0.2) is 12.3 Å². The number of fused-ring (bicyclic) bond motifs is 1. The first-order valence-electron chi connectivity index (χ1n) is 7.15. The molecule has 0 N–H and O–H groups in total. The van der Waals surface area contributed by atoms with Gasteiger partial charge in [0.1, 0.15) is 11.3 Å².